The number of carbonyl (C=O) groups is 1. The van der Waals surface area contributed by atoms with Crippen LogP contribution in [0.3, 0.4) is 0 Å². The highest BCUT2D eigenvalue weighted by molar-refractivity contribution is 6.30. The van der Waals surface area contributed by atoms with E-state index in [0.717, 1.165) is 5.56 Å². The van der Waals surface area contributed by atoms with Gasteiger partial charge in [-0.1, -0.05) is 17.7 Å². The standard InChI is InChI=1S/C8H9ClN2O/c1-5-2-3-6(4-7(10)12)11-8(5)9/h2-3H,4H2,1H3,(H2,10,12). The highest BCUT2D eigenvalue weighted by Crippen LogP contribution is 2.11. The molecule has 3 nitrogen and oxygen atoms in total. The Kier molecular flexibility index (Phi) is 2.65. The summed E-state index contributed by atoms with van der Waals surface area (Å²) in [6, 6.07) is 3.56. The number of hydrogen-bond acceptors (Lipinski definition) is 2. The van der Waals surface area contributed by atoms with Crippen LogP contribution in [0.1, 0.15) is 11.3 Å². The molecule has 0 aliphatic rings. The topological polar surface area (TPSA) is 56.0 Å². The van der Waals surface area contributed by atoms with Gasteiger partial charge in [0.25, 0.3) is 0 Å². The van der Waals surface area contributed by atoms with Crippen molar-refractivity contribution in [3.05, 3.63) is 28.5 Å². The third-order valence-electron chi connectivity index (χ3n) is 1.45. The van der Waals surface area contributed by atoms with Crippen LogP contribution in [0.2, 0.25) is 5.15 Å². The first-order valence-corrected chi connectivity index (χ1v) is 3.87. The van der Waals surface area contributed by atoms with Gasteiger partial charge < -0.3 is 5.73 Å². The van der Waals surface area contributed by atoms with Crippen LogP contribution < -0.4 is 5.73 Å². The zero-order chi connectivity index (χ0) is 9.14. The lowest BCUT2D eigenvalue weighted by molar-refractivity contribution is -0.117. The second-order valence-electron chi connectivity index (χ2n) is 2.55. The van der Waals surface area contributed by atoms with E-state index in [2.05, 4.69) is 4.98 Å². The van der Waals surface area contributed by atoms with Gasteiger partial charge >= 0.3 is 0 Å². The van der Waals surface area contributed by atoms with Crippen LogP contribution >= 0.6 is 11.6 Å². The predicted octanol–water partition coefficient (Wildman–Crippen LogP) is 1.07. The smallest absolute Gasteiger partial charge is 0.223 e. The first kappa shape index (κ1) is 9.00. The third-order valence-corrected chi connectivity index (χ3v) is 1.83. The second-order valence-corrected chi connectivity index (χ2v) is 2.91. The number of amides is 1. The monoisotopic (exact) mass is 184 g/mol. The molecule has 12 heavy (non-hydrogen) atoms. The van der Waals surface area contributed by atoms with Gasteiger partial charge in [-0.3, -0.25) is 4.79 Å². The average molecular weight is 185 g/mol. The molecule has 1 rings (SSSR count). The van der Waals surface area contributed by atoms with E-state index in [-0.39, 0.29) is 6.42 Å². The summed E-state index contributed by atoms with van der Waals surface area (Å²) in [6.45, 7) is 1.85. The molecule has 0 spiro atoms. The van der Waals surface area contributed by atoms with Gasteiger partial charge in [-0.05, 0) is 18.6 Å². The second kappa shape index (κ2) is 3.54. The van der Waals surface area contributed by atoms with E-state index in [1.165, 1.54) is 0 Å². The Balaban J connectivity index is 2.89. The average Bonchev–Trinajstić information content (AvgIpc) is 1.96. The number of halogens is 1. The van der Waals surface area contributed by atoms with Crippen LogP contribution in [0.4, 0.5) is 0 Å². The maximum Gasteiger partial charge on any atom is 0.223 e. The SMILES string of the molecule is Cc1ccc(CC(N)=O)nc1Cl. The van der Waals surface area contributed by atoms with Gasteiger partial charge in [0.15, 0.2) is 0 Å². The van der Waals surface area contributed by atoms with Gasteiger partial charge in [0.2, 0.25) is 5.91 Å². The van der Waals surface area contributed by atoms with Gasteiger partial charge in [0.05, 0.1) is 12.1 Å². The Morgan fingerprint density at radius 3 is 2.83 bits per heavy atom. The molecule has 0 radical (unpaired) electrons. The molecule has 4 heteroatoms. The van der Waals surface area contributed by atoms with Crippen molar-refractivity contribution in [3.8, 4) is 0 Å². The fourth-order valence-electron chi connectivity index (χ4n) is 0.818. The summed E-state index contributed by atoms with van der Waals surface area (Å²) in [5, 5.41) is 0.425. The zero-order valence-corrected chi connectivity index (χ0v) is 7.43. The summed E-state index contributed by atoms with van der Waals surface area (Å²) in [5.41, 5.74) is 6.49. The van der Waals surface area contributed by atoms with E-state index in [1.807, 2.05) is 13.0 Å². The van der Waals surface area contributed by atoms with Crippen LogP contribution in [-0.4, -0.2) is 10.9 Å². The molecule has 1 aromatic rings. The number of primary amides is 1. The minimum absolute atomic E-state index is 0.139. The van der Waals surface area contributed by atoms with Crippen LogP contribution in [-0.2, 0) is 11.2 Å². The maximum absolute atomic E-state index is 10.5. The number of aromatic nitrogens is 1. The van der Waals surface area contributed by atoms with Gasteiger partial charge in [0.1, 0.15) is 5.15 Å². The molecule has 1 amide bonds. The lowest BCUT2D eigenvalue weighted by Crippen LogP contribution is -2.14. The van der Waals surface area contributed by atoms with E-state index in [0.29, 0.717) is 10.8 Å². The van der Waals surface area contributed by atoms with Crippen LogP contribution in [0.5, 0.6) is 0 Å². The number of rotatable bonds is 2. The first-order chi connectivity index (χ1) is 5.59. The van der Waals surface area contributed by atoms with Crippen molar-refractivity contribution in [1.29, 1.82) is 0 Å². The number of carbonyl (C=O) groups excluding carboxylic acids is 1. The summed E-state index contributed by atoms with van der Waals surface area (Å²) in [5.74, 6) is -0.401. The molecule has 0 aliphatic heterocycles. The molecule has 1 aromatic heterocycles. The molecule has 0 aromatic carbocycles. The largest absolute Gasteiger partial charge is 0.369 e. The molecule has 0 unspecified atom stereocenters. The number of hydrogen-bond donors (Lipinski definition) is 1. The Hall–Kier alpha value is -1.09. The van der Waals surface area contributed by atoms with E-state index >= 15 is 0 Å². The number of pyridine rings is 1. The van der Waals surface area contributed by atoms with Crippen LogP contribution in [0.25, 0.3) is 0 Å². The lowest BCUT2D eigenvalue weighted by Gasteiger charge is -1.99. The Bertz CT molecular complexity index is 312. The molecule has 0 saturated heterocycles. The molecule has 0 aliphatic carbocycles. The van der Waals surface area contributed by atoms with E-state index in [1.54, 1.807) is 6.07 Å². The van der Waals surface area contributed by atoms with Crippen molar-refractivity contribution in [2.45, 2.75) is 13.3 Å². The van der Waals surface area contributed by atoms with Gasteiger partial charge in [-0.25, -0.2) is 4.98 Å². The predicted molar refractivity (Wildman–Crippen MR) is 46.9 cm³/mol. The van der Waals surface area contributed by atoms with Crippen molar-refractivity contribution in [2.75, 3.05) is 0 Å². The van der Waals surface area contributed by atoms with Crippen molar-refractivity contribution in [2.24, 2.45) is 5.73 Å². The minimum Gasteiger partial charge on any atom is -0.369 e. The van der Waals surface area contributed by atoms with Crippen molar-refractivity contribution in [1.82, 2.24) is 4.98 Å². The highest BCUT2D eigenvalue weighted by Gasteiger charge is 2.02. The molecule has 0 saturated carbocycles. The number of aryl methyl sites for hydroxylation is 1. The first-order valence-electron chi connectivity index (χ1n) is 3.50. The molecular formula is C8H9ClN2O. The third kappa shape index (κ3) is 2.20. The summed E-state index contributed by atoms with van der Waals surface area (Å²) >= 11 is 5.73. The van der Waals surface area contributed by atoms with Crippen molar-refractivity contribution in [3.63, 3.8) is 0 Å². The van der Waals surface area contributed by atoms with Gasteiger partial charge in [-0.2, -0.15) is 0 Å². The van der Waals surface area contributed by atoms with Gasteiger partial charge in [-0.15, -0.1) is 0 Å². The normalized spacial score (nSPS) is 9.83. The summed E-state index contributed by atoms with van der Waals surface area (Å²) in [7, 11) is 0. The van der Waals surface area contributed by atoms with Crippen molar-refractivity contribution < 1.29 is 4.79 Å². The zero-order valence-electron chi connectivity index (χ0n) is 6.67. The van der Waals surface area contributed by atoms with Crippen LogP contribution in [0.15, 0.2) is 12.1 Å². The van der Waals surface area contributed by atoms with Crippen LogP contribution in [0, 0.1) is 6.92 Å². The summed E-state index contributed by atoms with van der Waals surface area (Å²) < 4.78 is 0. The number of nitrogens with zero attached hydrogens (tertiary/aromatic N) is 1. The molecule has 0 bridgehead atoms. The molecule has 0 atom stereocenters. The summed E-state index contributed by atoms with van der Waals surface area (Å²) in [4.78, 5) is 14.5. The Labute approximate surface area is 75.6 Å². The summed E-state index contributed by atoms with van der Waals surface area (Å²) in [6.07, 6.45) is 0.139. The quantitative estimate of drug-likeness (QED) is 0.700. The van der Waals surface area contributed by atoms with Gasteiger partial charge in [0, 0.05) is 0 Å². The van der Waals surface area contributed by atoms with E-state index in [9.17, 15) is 4.79 Å². The van der Waals surface area contributed by atoms with E-state index < -0.39 is 5.91 Å². The molecular weight excluding hydrogens is 176 g/mol. The van der Waals surface area contributed by atoms with E-state index in [4.69, 9.17) is 17.3 Å². The number of nitrogens with two attached hydrogens (primary N) is 1. The lowest BCUT2D eigenvalue weighted by atomic mass is 10.2. The minimum atomic E-state index is -0.401. The fraction of sp³-hybridized carbons (Fsp3) is 0.250. The highest BCUT2D eigenvalue weighted by atomic mass is 35.5. The molecule has 1 heterocycles. The Morgan fingerprint density at radius 2 is 2.33 bits per heavy atom. The fourth-order valence-corrected chi connectivity index (χ4v) is 0.990. The maximum atomic E-state index is 10.5. The molecule has 64 valence electrons. The van der Waals surface area contributed by atoms with Crippen molar-refractivity contribution >= 4 is 17.5 Å². The molecule has 0 fully saturated rings. The molecule has 2 N–H and O–H groups in total. The Morgan fingerprint density at radius 1 is 1.67 bits per heavy atom.